The molecule has 1 heterocycles. The van der Waals surface area contributed by atoms with E-state index in [0.29, 0.717) is 6.42 Å². The maximum Gasteiger partial charge on any atom is 0.573 e. The van der Waals surface area contributed by atoms with Crippen LogP contribution in [-0.2, 0) is 21.2 Å². The van der Waals surface area contributed by atoms with E-state index < -0.39 is 28.8 Å². The first kappa shape index (κ1) is 23.7. The number of carbonyl (C=O) groups excluding carboxylic acids is 1. The monoisotopic (exact) mass is 485 g/mol. The van der Waals surface area contributed by atoms with Crippen molar-refractivity contribution >= 4 is 32.4 Å². The number of likely N-dealkylation sites (N-methyl/N-ethyl adjacent to an activating group) is 1. The molecule has 0 aliphatic carbocycles. The third-order valence-corrected chi connectivity index (χ3v) is 6.88. The van der Waals surface area contributed by atoms with Crippen LogP contribution in [0.1, 0.15) is 10.4 Å². The van der Waals surface area contributed by atoms with Crippen molar-refractivity contribution in [1.82, 2.24) is 9.29 Å². The molecule has 0 atom stereocenters. The highest BCUT2D eigenvalue weighted by atomic mass is 32.2. The van der Waals surface area contributed by atoms with Gasteiger partial charge in [0.2, 0.25) is 15.9 Å². The Balaban J connectivity index is 1.56. The second kappa shape index (κ2) is 9.67. The summed E-state index contributed by atoms with van der Waals surface area (Å²) in [5.74, 6) is -0.866. The predicted octanol–water partition coefficient (Wildman–Crippen LogP) is 3.89. The van der Waals surface area contributed by atoms with Gasteiger partial charge >= 0.3 is 6.36 Å². The number of hydrogen-bond donors (Lipinski definition) is 1. The van der Waals surface area contributed by atoms with Crippen LogP contribution < -0.4 is 10.1 Å². The van der Waals surface area contributed by atoms with E-state index in [1.54, 1.807) is 18.2 Å². The molecule has 2 aromatic carbocycles. The molecule has 7 nitrogen and oxygen atoms in total. The zero-order valence-corrected chi connectivity index (χ0v) is 18.3. The van der Waals surface area contributed by atoms with E-state index in [2.05, 4.69) is 15.0 Å². The standard InChI is InChI=1S/C20H18F3N3O4S2/c1-26(32(28,29)17-5-3-2-4-6-17)13-18(27)25-19-24-12-16(31-19)11-14-7-9-15(10-8-14)30-20(21,22)23/h2-10,12H,11,13H2,1H3,(H,24,25,27). The van der Waals surface area contributed by atoms with Crippen LogP contribution in [0.5, 0.6) is 5.75 Å². The van der Waals surface area contributed by atoms with Crippen LogP contribution >= 0.6 is 11.3 Å². The second-order valence-electron chi connectivity index (χ2n) is 6.62. The molecular weight excluding hydrogens is 467 g/mol. The van der Waals surface area contributed by atoms with Gasteiger partial charge in [0.25, 0.3) is 0 Å². The molecule has 0 bridgehead atoms. The van der Waals surface area contributed by atoms with Crippen molar-refractivity contribution in [3.8, 4) is 5.75 Å². The van der Waals surface area contributed by atoms with E-state index in [9.17, 15) is 26.4 Å². The van der Waals surface area contributed by atoms with Gasteiger partial charge in [-0.3, -0.25) is 4.79 Å². The van der Waals surface area contributed by atoms with Crippen LogP contribution in [0.15, 0.2) is 65.7 Å². The van der Waals surface area contributed by atoms with Gasteiger partial charge in [-0.1, -0.05) is 30.3 Å². The minimum absolute atomic E-state index is 0.0819. The lowest BCUT2D eigenvalue weighted by Gasteiger charge is -2.16. The number of carbonyl (C=O) groups is 1. The predicted molar refractivity (Wildman–Crippen MR) is 113 cm³/mol. The molecule has 170 valence electrons. The van der Waals surface area contributed by atoms with Crippen molar-refractivity contribution in [1.29, 1.82) is 0 Å². The number of rotatable bonds is 8. The van der Waals surface area contributed by atoms with Gasteiger partial charge in [0.1, 0.15) is 5.75 Å². The van der Waals surface area contributed by atoms with Crippen molar-refractivity contribution < 1.29 is 31.1 Å². The Labute approximate surface area is 186 Å². The Kier molecular flexibility index (Phi) is 7.16. The van der Waals surface area contributed by atoms with E-state index in [1.807, 2.05) is 0 Å². The average molecular weight is 486 g/mol. The quantitative estimate of drug-likeness (QED) is 0.523. The van der Waals surface area contributed by atoms with Crippen LogP contribution in [0.4, 0.5) is 18.3 Å². The van der Waals surface area contributed by atoms with Crippen LogP contribution in [0.2, 0.25) is 0 Å². The lowest BCUT2D eigenvalue weighted by atomic mass is 10.1. The van der Waals surface area contributed by atoms with Crippen LogP contribution in [0, 0.1) is 0 Å². The molecule has 1 N–H and O–H groups in total. The van der Waals surface area contributed by atoms with Crippen LogP contribution in [0.25, 0.3) is 0 Å². The van der Waals surface area contributed by atoms with Gasteiger partial charge in [0.15, 0.2) is 5.13 Å². The molecule has 12 heteroatoms. The second-order valence-corrected chi connectivity index (χ2v) is 9.78. The van der Waals surface area contributed by atoms with Crippen molar-refractivity contribution in [2.24, 2.45) is 0 Å². The molecule has 0 aliphatic rings. The molecule has 3 aromatic rings. The lowest BCUT2D eigenvalue weighted by molar-refractivity contribution is -0.274. The highest BCUT2D eigenvalue weighted by Gasteiger charge is 2.31. The first-order valence-electron chi connectivity index (χ1n) is 9.13. The molecule has 0 saturated heterocycles. The summed E-state index contributed by atoms with van der Waals surface area (Å²) in [6.07, 6.45) is -2.83. The van der Waals surface area contributed by atoms with Gasteiger partial charge in [-0.25, -0.2) is 13.4 Å². The number of amides is 1. The van der Waals surface area contributed by atoms with Crippen molar-refractivity contribution in [3.63, 3.8) is 0 Å². The fourth-order valence-corrected chi connectivity index (χ4v) is 4.69. The fraction of sp³-hybridized carbons (Fsp3) is 0.200. The molecule has 0 spiro atoms. The summed E-state index contributed by atoms with van der Waals surface area (Å²) in [5, 5.41) is 2.84. The number of sulfonamides is 1. The molecule has 3 rings (SSSR count). The number of aromatic nitrogens is 1. The summed E-state index contributed by atoms with van der Waals surface area (Å²) in [4.78, 5) is 17.2. The Morgan fingerprint density at radius 2 is 1.78 bits per heavy atom. The van der Waals surface area contributed by atoms with Gasteiger partial charge in [0.05, 0.1) is 11.4 Å². The first-order chi connectivity index (χ1) is 15.0. The lowest BCUT2D eigenvalue weighted by Crippen LogP contribution is -2.34. The first-order valence-corrected chi connectivity index (χ1v) is 11.4. The fourth-order valence-electron chi connectivity index (χ4n) is 2.68. The van der Waals surface area contributed by atoms with Gasteiger partial charge in [0, 0.05) is 24.5 Å². The summed E-state index contributed by atoms with van der Waals surface area (Å²) in [7, 11) is -2.50. The Hall–Kier alpha value is -2.96. The zero-order valence-electron chi connectivity index (χ0n) is 16.7. The SMILES string of the molecule is CN(CC(=O)Nc1ncc(Cc2ccc(OC(F)(F)F)cc2)s1)S(=O)(=O)c1ccccc1. The van der Waals surface area contributed by atoms with E-state index in [0.717, 1.165) is 14.7 Å². The van der Waals surface area contributed by atoms with Crippen LogP contribution in [0.3, 0.4) is 0 Å². The van der Waals surface area contributed by atoms with Gasteiger partial charge in [-0.05, 0) is 29.8 Å². The number of alkyl halides is 3. The summed E-state index contributed by atoms with van der Waals surface area (Å²) < 4.78 is 66.4. The van der Waals surface area contributed by atoms with Crippen molar-refractivity contribution in [3.05, 3.63) is 71.2 Å². The molecule has 0 aliphatic heterocycles. The van der Waals surface area contributed by atoms with Crippen molar-refractivity contribution in [2.75, 3.05) is 18.9 Å². The number of thiazole rings is 1. The maximum absolute atomic E-state index is 12.5. The third-order valence-electron chi connectivity index (χ3n) is 4.15. The van der Waals surface area contributed by atoms with Crippen molar-refractivity contribution in [2.45, 2.75) is 17.7 Å². The number of nitrogens with one attached hydrogen (secondary N) is 1. The topological polar surface area (TPSA) is 88.6 Å². The van der Waals surface area contributed by atoms with Crippen LogP contribution in [-0.4, -0.2) is 43.6 Å². The van der Waals surface area contributed by atoms with E-state index >= 15 is 0 Å². The zero-order chi connectivity index (χ0) is 23.4. The smallest absolute Gasteiger partial charge is 0.406 e. The average Bonchev–Trinajstić information content (AvgIpc) is 3.15. The number of benzene rings is 2. The number of hydrogen-bond acceptors (Lipinski definition) is 6. The maximum atomic E-state index is 12.5. The molecule has 32 heavy (non-hydrogen) atoms. The Morgan fingerprint density at radius 1 is 1.12 bits per heavy atom. The number of halogens is 3. The molecular formula is C20H18F3N3O4S2. The highest BCUT2D eigenvalue weighted by Crippen LogP contribution is 2.25. The third kappa shape index (κ3) is 6.52. The van der Waals surface area contributed by atoms with E-state index in [4.69, 9.17) is 0 Å². The summed E-state index contributed by atoms with van der Waals surface area (Å²) >= 11 is 1.18. The molecule has 0 fully saturated rings. The van der Waals surface area contributed by atoms with Gasteiger partial charge in [-0.15, -0.1) is 24.5 Å². The molecule has 0 saturated carbocycles. The summed E-state index contributed by atoms with van der Waals surface area (Å²) in [5.41, 5.74) is 0.731. The largest absolute Gasteiger partial charge is 0.573 e. The number of nitrogens with zero attached hydrogens (tertiary/aromatic N) is 2. The van der Waals surface area contributed by atoms with Gasteiger partial charge < -0.3 is 10.1 Å². The highest BCUT2D eigenvalue weighted by molar-refractivity contribution is 7.89. The van der Waals surface area contributed by atoms with E-state index in [-0.39, 0.29) is 15.8 Å². The molecule has 1 amide bonds. The minimum atomic E-state index is -4.75. The van der Waals surface area contributed by atoms with E-state index in [1.165, 1.54) is 61.0 Å². The Bertz CT molecular complexity index is 1160. The molecule has 1 aromatic heterocycles. The summed E-state index contributed by atoms with van der Waals surface area (Å²) in [6.45, 7) is -0.396. The summed E-state index contributed by atoms with van der Waals surface area (Å²) in [6, 6.07) is 13.2. The number of anilines is 1. The number of ether oxygens (including phenoxy) is 1. The molecule has 0 unspecified atom stereocenters. The Morgan fingerprint density at radius 3 is 2.41 bits per heavy atom. The minimum Gasteiger partial charge on any atom is -0.406 e. The van der Waals surface area contributed by atoms with Gasteiger partial charge in [-0.2, -0.15) is 4.31 Å². The molecule has 0 radical (unpaired) electrons. The normalized spacial score (nSPS) is 12.0.